The highest BCUT2D eigenvalue weighted by molar-refractivity contribution is 7.98. The molecule has 0 atom stereocenters. The van der Waals surface area contributed by atoms with Crippen LogP contribution < -0.4 is 0 Å². The molecular weight excluding hydrogens is 332 g/mol. The lowest BCUT2D eigenvalue weighted by Gasteiger charge is -2.10. The van der Waals surface area contributed by atoms with Crippen molar-refractivity contribution in [2.75, 3.05) is 0 Å². The third kappa shape index (κ3) is 3.11. The molecule has 2 aromatic carbocycles. The van der Waals surface area contributed by atoms with Gasteiger partial charge >= 0.3 is 0 Å². The van der Waals surface area contributed by atoms with Crippen LogP contribution in [0.2, 0.25) is 0 Å². The number of benzene rings is 2. The van der Waals surface area contributed by atoms with Gasteiger partial charge in [-0.2, -0.15) is 5.26 Å². The number of aromatic nitrogens is 3. The highest BCUT2D eigenvalue weighted by Gasteiger charge is 2.30. The topological polar surface area (TPSA) is 74.7 Å². The van der Waals surface area contributed by atoms with E-state index in [4.69, 9.17) is 0 Å². The summed E-state index contributed by atoms with van der Waals surface area (Å²) in [7, 11) is 0. The third-order valence-electron chi connectivity index (χ3n) is 4.22. The molecule has 6 heteroatoms. The third-order valence-corrected chi connectivity index (χ3v) is 5.21. The number of thioether (sulfide) groups is 1. The van der Waals surface area contributed by atoms with Crippen LogP contribution in [0.4, 0.5) is 0 Å². The maximum Gasteiger partial charge on any atom is 0.192 e. The lowest BCUT2D eigenvalue weighted by atomic mass is 10.1. The first-order valence-electron chi connectivity index (χ1n) is 8.12. The van der Waals surface area contributed by atoms with E-state index in [0.29, 0.717) is 28.7 Å². The summed E-state index contributed by atoms with van der Waals surface area (Å²) in [5, 5.41) is 28.9. The molecule has 0 bridgehead atoms. The number of phenols is 1. The normalized spacial score (nSPS) is 13.6. The maximum atomic E-state index is 10.2. The van der Waals surface area contributed by atoms with Gasteiger partial charge in [-0.05, 0) is 36.6 Å². The number of para-hydroxylation sites is 1. The molecule has 0 spiro atoms. The Balaban J connectivity index is 1.65. The molecule has 1 aliphatic carbocycles. The Morgan fingerprint density at radius 2 is 1.88 bits per heavy atom. The van der Waals surface area contributed by atoms with Crippen molar-refractivity contribution in [2.45, 2.75) is 29.8 Å². The van der Waals surface area contributed by atoms with Crippen LogP contribution in [0.25, 0.3) is 11.4 Å². The van der Waals surface area contributed by atoms with E-state index in [0.717, 1.165) is 23.6 Å². The SMILES string of the molecule is N#Cc1ccccc1CSc1nnc(-c2ccccc2O)n1C1CC1. The zero-order chi connectivity index (χ0) is 17.2. The molecule has 1 aromatic heterocycles. The second-order valence-electron chi connectivity index (χ2n) is 5.98. The van der Waals surface area contributed by atoms with Crippen LogP contribution in [0.5, 0.6) is 5.75 Å². The minimum absolute atomic E-state index is 0.211. The lowest BCUT2D eigenvalue weighted by molar-refractivity contribution is 0.476. The second kappa shape index (κ2) is 6.61. The predicted octanol–water partition coefficient (Wildman–Crippen LogP) is 4.15. The van der Waals surface area contributed by atoms with Crippen LogP contribution >= 0.6 is 11.8 Å². The monoisotopic (exact) mass is 348 g/mol. The van der Waals surface area contributed by atoms with Gasteiger partial charge in [0.25, 0.3) is 0 Å². The summed E-state index contributed by atoms with van der Waals surface area (Å²) < 4.78 is 2.12. The van der Waals surface area contributed by atoms with Gasteiger partial charge in [0.15, 0.2) is 11.0 Å². The van der Waals surface area contributed by atoms with Crippen LogP contribution in [0.3, 0.4) is 0 Å². The molecule has 4 rings (SSSR count). The Bertz CT molecular complexity index is 956. The van der Waals surface area contributed by atoms with Crippen molar-refractivity contribution in [2.24, 2.45) is 0 Å². The summed E-state index contributed by atoms with van der Waals surface area (Å²) in [4.78, 5) is 0. The molecule has 25 heavy (non-hydrogen) atoms. The summed E-state index contributed by atoms with van der Waals surface area (Å²) in [6, 6.07) is 17.4. The van der Waals surface area contributed by atoms with E-state index in [1.165, 1.54) is 0 Å². The molecule has 3 aromatic rings. The maximum absolute atomic E-state index is 10.2. The number of aromatic hydroxyl groups is 1. The van der Waals surface area contributed by atoms with E-state index >= 15 is 0 Å². The van der Waals surface area contributed by atoms with Crippen LogP contribution in [-0.2, 0) is 5.75 Å². The Morgan fingerprint density at radius 1 is 1.12 bits per heavy atom. The first kappa shape index (κ1) is 15.7. The van der Waals surface area contributed by atoms with Gasteiger partial charge in [-0.15, -0.1) is 10.2 Å². The fourth-order valence-electron chi connectivity index (χ4n) is 2.78. The zero-order valence-electron chi connectivity index (χ0n) is 13.5. The highest BCUT2D eigenvalue weighted by Crippen LogP contribution is 2.42. The molecule has 1 N–H and O–H groups in total. The quantitative estimate of drug-likeness (QED) is 0.701. The molecule has 0 saturated heterocycles. The summed E-state index contributed by atoms with van der Waals surface area (Å²) in [5.74, 6) is 1.58. The molecule has 1 fully saturated rings. The van der Waals surface area contributed by atoms with Crippen LogP contribution in [0, 0.1) is 11.3 Å². The zero-order valence-corrected chi connectivity index (χ0v) is 14.3. The Hall–Kier alpha value is -2.78. The van der Waals surface area contributed by atoms with Gasteiger partial charge in [-0.3, -0.25) is 4.57 Å². The number of nitrogens with zero attached hydrogens (tertiary/aromatic N) is 4. The van der Waals surface area contributed by atoms with Gasteiger partial charge in [0.05, 0.1) is 17.2 Å². The van der Waals surface area contributed by atoms with Gasteiger partial charge < -0.3 is 5.11 Å². The summed E-state index contributed by atoms with van der Waals surface area (Å²) >= 11 is 1.58. The van der Waals surface area contributed by atoms with Crippen molar-refractivity contribution in [1.82, 2.24) is 14.8 Å². The highest BCUT2D eigenvalue weighted by atomic mass is 32.2. The Morgan fingerprint density at radius 3 is 2.64 bits per heavy atom. The van der Waals surface area contributed by atoms with E-state index in [2.05, 4.69) is 20.8 Å². The Labute approximate surface area is 150 Å². The van der Waals surface area contributed by atoms with Gasteiger partial charge in [-0.1, -0.05) is 42.1 Å². The molecule has 0 aliphatic heterocycles. The number of hydrogen-bond acceptors (Lipinski definition) is 5. The molecule has 5 nitrogen and oxygen atoms in total. The van der Waals surface area contributed by atoms with E-state index in [9.17, 15) is 10.4 Å². The van der Waals surface area contributed by atoms with E-state index in [1.807, 2.05) is 36.4 Å². The van der Waals surface area contributed by atoms with Crippen LogP contribution in [-0.4, -0.2) is 19.9 Å². The van der Waals surface area contributed by atoms with Gasteiger partial charge in [0, 0.05) is 11.8 Å². The van der Waals surface area contributed by atoms with Crippen molar-refractivity contribution in [1.29, 1.82) is 5.26 Å². The smallest absolute Gasteiger partial charge is 0.192 e. The lowest BCUT2D eigenvalue weighted by Crippen LogP contribution is -2.00. The summed E-state index contributed by atoms with van der Waals surface area (Å²) in [6.07, 6.45) is 2.20. The number of rotatable bonds is 5. The standard InChI is InChI=1S/C19H16N4OS/c20-11-13-5-1-2-6-14(13)12-25-19-22-21-18(23(19)15-9-10-15)16-7-3-4-8-17(16)24/h1-8,15,24H,9-10,12H2. The first-order chi connectivity index (χ1) is 12.3. The fraction of sp³-hybridized carbons (Fsp3) is 0.211. The molecule has 1 aliphatic rings. The van der Waals surface area contributed by atoms with Crippen molar-refractivity contribution in [3.63, 3.8) is 0 Å². The number of hydrogen-bond donors (Lipinski definition) is 1. The fourth-order valence-corrected chi connectivity index (χ4v) is 3.79. The summed E-state index contributed by atoms with van der Waals surface area (Å²) in [6.45, 7) is 0. The van der Waals surface area contributed by atoms with Gasteiger partial charge in [0.1, 0.15) is 5.75 Å². The predicted molar refractivity (Wildman–Crippen MR) is 96.1 cm³/mol. The number of phenolic OH excluding ortho intramolecular Hbond substituents is 1. The minimum atomic E-state index is 0.211. The largest absolute Gasteiger partial charge is 0.507 e. The molecule has 1 saturated carbocycles. The molecular formula is C19H16N4OS. The molecule has 0 radical (unpaired) electrons. The first-order valence-corrected chi connectivity index (χ1v) is 9.10. The molecule has 1 heterocycles. The summed E-state index contributed by atoms with van der Waals surface area (Å²) in [5.41, 5.74) is 2.38. The molecule has 124 valence electrons. The Kier molecular flexibility index (Phi) is 4.16. The van der Waals surface area contributed by atoms with Crippen molar-refractivity contribution >= 4 is 11.8 Å². The van der Waals surface area contributed by atoms with Crippen molar-refractivity contribution < 1.29 is 5.11 Å². The average molecular weight is 348 g/mol. The molecule has 0 unspecified atom stereocenters. The van der Waals surface area contributed by atoms with E-state index in [1.54, 1.807) is 23.9 Å². The molecule has 0 amide bonds. The van der Waals surface area contributed by atoms with Gasteiger partial charge in [0.2, 0.25) is 0 Å². The van der Waals surface area contributed by atoms with E-state index in [-0.39, 0.29) is 5.75 Å². The van der Waals surface area contributed by atoms with Gasteiger partial charge in [-0.25, -0.2) is 0 Å². The second-order valence-corrected chi connectivity index (χ2v) is 6.92. The number of nitriles is 1. The average Bonchev–Trinajstić information content (AvgIpc) is 3.40. The van der Waals surface area contributed by atoms with Crippen LogP contribution in [0.15, 0.2) is 53.7 Å². The van der Waals surface area contributed by atoms with Crippen LogP contribution in [0.1, 0.15) is 30.0 Å². The van der Waals surface area contributed by atoms with Crippen molar-refractivity contribution in [3.05, 3.63) is 59.7 Å². The van der Waals surface area contributed by atoms with E-state index < -0.39 is 0 Å². The van der Waals surface area contributed by atoms with Crippen molar-refractivity contribution in [3.8, 4) is 23.2 Å². The minimum Gasteiger partial charge on any atom is -0.507 e.